The number of aromatic nitrogens is 1. The van der Waals surface area contributed by atoms with Crippen LogP contribution in [0.3, 0.4) is 0 Å². The third kappa shape index (κ3) is 3.55. The van der Waals surface area contributed by atoms with E-state index in [0.717, 1.165) is 22.3 Å². The zero-order valence-electron chi connectivity index (χ0n) is 11.1. The lowest BCUT2D eigenvalue weighted by Gasteiger charge is -2.17. The quantitative estimate of drug-likeness (QED) is 0.917. The molecule has 1 aromatic heterocycles. The molecule has 0 aliphatic rings. The molecule has 3 nitrogen and oxygen atoms in total. The van der Waals surface area contributed by atoms with Crippen molar-refractivity contribution < 1.29 is 4.74 Å². The summed E-state index contributed by atoms with van der Waals surface area (Å²) in [5, 5.41) is 3.30. The van der Waals surface area contributed by atoms with E-state index in [0.29, 0.717) is 0 Å². The van der Waals surface area contributed by atoms with Gasteiger partial charge in [0.1, 0.15) is 5.75 Å². The van der Waals surface area contributed by atoms with Gasteiger partial charge in [0.25, 0.3) is 0 Å². The molecule has 1 heterocycles. The molecule has 0 bridgehead atoms. The normalized spacial score (nSPS) is 12.2. The molecule has 1 atom stereocenters. The molecule has 0 saturated heterocycles. The van der Waals surface area contributed by atoms with Crippen molar-refractivity contribution in [2.24, 2.45) is 0 Å². The monoisotopic (exact) mass is 320 g/mol. The van der Waals surface area contributed by atoms with Gasteiger partial charge in [-0.15, -0.1) is 0 Å². The molecule has 0 aliphatic heterocycles. The minimum atomic E-state index is 0.171. The largest absolute Gasteiger partial charge is 0.496 e. The average molecular weight is 321 g/mol. The first-order valence-corrected chi connectivity index (χ1v) is 6.94. The molecule has 0 amide bonds. The van der Waals surface area contributed by atoms with Gasteiger partial charge in [-0.3, -0.25) is 4.98 Å². The molecule has 0 aliphatic carbocycles. The number of hydrogen-bond donors (Lipinski definition) is 1. The van der Waals surface area contributed by atoms with Crippen molar-refractivity contribution in [3.63, 3.8) is 0 Å². The highest BCUT2D eigenvalue weighted by atomic mass is 79.9. The highest BCUT2D eigenvalue weighted by molar-refractivity contribution is 9.10. The number of nitrogens with one attached hydrogen (secondary N) is 1. The third-order valence-corrected chi connectivity index (χ3v) is 3.54. The molecule has 1 unspecified atom stereocenters. The van der Waals surface area contributed by atoms with E-state index in [9.17, 15) is 0 Å². The van der Waals surface area contributed by atoms with Gasteiger partial charge in [0.15, 0.2) is 0 Å². The van der Waals surface area contributed by atoms with Gasteiger partial charge < -0.3 is 10.1 Å². The minimum absolute atomic E-state index is 0.171. The Labute approximate surface area is 122 Å². The third-order valence-electron chi connectivity index (χ3n) is 3.07. The molecule has 19 heavy (non-hydrogen) atoms. The minimum Gasteiger partial charge on any atom is -0.496 e. The van der Waals surface area contributed by atoms with Crippen molar-refractivity contribution in [1.29, 1.82) is 0 Å². The predicted molar refractivity (Wildman–Crippen MR) is 80.4 cm³/mol. The van der Waals surface area contributed by atoms with Crippen LogP contribution in [0.25, 0.3) is 0 Å². The molecular formula is C15H17BrN2O. The van der Waals surface area contributed by atoms with Crippen molar-refractivity contribution in [3.8, 4) is 5.75 Å². The van der Waals surface area contributed by atoms with E-state index in [4.69, 9.17) is 4.74 Å². The summed E-state index contributed by atoms with van der Waals surface area (Å²) in [5.74, 6) is 0.917. The van der Waals surface area contributed by atoms with E-state index in [2.05, 4.69) is 32.3 Å². The van der Waals surface area contributed by atoms with Gasteiger partial charge >= 0.3 is 0 Å². The number of pyridine rings is 1. The fourth-order valence-corrected chi connectivity index (χ4v) is 2.27. The summed E-state index contributed by atoms with van der Waals surface area (Å²) in [6.45, 7) is 0. The molecular weight excluding hydrogens is 304 g/mol. The van der Waals surface area contributed by atoms with Crippen molar-refractivity contribution in [3.05, 3.63) is 58.3 Å². The smallest absolute Gasteiger partial charge is 0.122 e. The Morgan fingerprint density at radius 2 is 2.05 bits per heavy atom. The van der Waals surface area contributed by atoms with E-state index >= 15 is 0 Å². The number of halogens is 1. The molecule has 4 heteroatoms. The molecule has 2 rings (SSSR count). The standard InChI is InChI=1S/C15H17BrN2O/c1-17-14(13-8-7-12(16)10-18-13)9-11-5-3-4-6-15(11)19-2/h3-8,10,14,17H,9H2,1-2H3. The summed E-state index contributed by atoms with van der Waals surface area (Å²) in [6.07, 6.45) is 2.66. The molecule has 1 N–H and O–H groups in total. The van der Waals surface area contributed by atoms with Crippen LogP contribution in [0.15, 0.2) is 47.1 Å². The maximum absolute atomic E-state index is 5.39. The first kappa shape index (κ1) is 14.0. The second kappa shape index (κ2) is 6.68. The highest BCUT2D eigenvalue weighted by Crippen LogP contribution is 2.24. The summed E-state index contributed by atoms with van der Waals surface area (Å²) in [5.41, 5.74) is 2.20. The van der Waals surface area contributed by atoms with E-state index < -0.39 is 0 Å². The first-order valence-electron chi connectivity index (χ1n) is 6.15. The summed E-state index contributed by atoms with van der Waals surface area (Å²) in [4.78, 5) is 4.45. The lowest BCUT2D eigenvalue weighted by Crippen LogP contribution is -2.20. The lowest BCUT2D eigenvalue weighted by molar-refractivity contribution is 0.406. The fourth-order valence-electron chi connectivity index (χ4n) is 2.04. The van der Waals surface area contributed by atoms with Crippen LogP contribution in [-0.2, 0) is 6.42 Å². The van der Waals surface area contributed by atoms with Gasteiger partial charge in [-0.05, 0) is 53.2 Å². The predicted octanol–water partition coefficient (Wildman–Crippen LogP) is 3.36. The average Bonchev–Trinajstić information content (AvgIpc) is 2.46. The SMILES string of the molecule is CNC(Cc1ccccc1OC)c1ccc(Br)cn1. The number of benzene rings is 1. The van der Waals surface area contributed by atoms with Crippen molar-refractivity contribution in [2.45, 2.75) is 12.5 Å². The number of nitrogens with zero attached hydrogens (tertiary/aromatic N) is 1. The van der Waals surface area contributed by atoms with Crippen molar-refractivity contribution in [1.82, 2.24) is 10.3 Å². The van der Waals surface area contributed by atoms with Crippen LogP contribution in [0.4, 0.5) is 0 Å². The molecule has 0 saturated carbocycles. The van der Waals surface area contributed by atoms with Crippen LogP contribution >= 0.6 is 15.9 Å². The fraction of sp³-hybridized carbons (Fsp3) is 0.267. The Bertz CT molecular complexity index is 528. The van der Waals surface area contributed by atoms with Crippen LogP contribution in [0, 0.1) is 0 Å². The van der Waals surface area contributed by atoms with Crippen LogP contribution in [0.5, 0.6) is 5.75 Å². The van der Waals surface area contributed by atoms with Gasteiger partial charge in [-0.2, -0.15) is 0 Å². The van der Waals surface area contributed by atoms with E-state index in [1.807, 2.05) is 43.6 Å². The molecule has 0 radical (unpaired) electrons. The van der Waals surface area contributed by atoms with E-state index in [1.54, 1.807) is 7.11 Å². The number of likely N-dealkylation sites (N-methyl/N-ethyl adjacent to an activating group) is 1. The molecule has 100 valence electrons. The molecule has 2 aromatic rings. The summed E-state index contributed by atoms with van der Waals surface area (Å²) >= 11 is 3.40. The zero-order valence-corrected chi connectivity index (χ0v) is 12.6. The van der Waals surface area contributed by atoms with Crippen LogP contribution in [0.1, 0.15) is 17.3 Å². The number of ether oxygens (including phenoxy) is 1. The van der Waals surface area contributed by atoms with Crippen LogP contribution in [0.2, 0.25) is 0 Å². The van der Waals surface area contributed by atoms with Gasteiger partial charge in [-0.1, -0.05) is 18.2 Å². The summed E-state index contributed by atoms with van der Waals surface area (Å²) < 4.78 is 6.38. The Morgan fingerprint density at radius 1 is 1.26 bits per heavy atom. The molecule has 0 spiro atoms. The second-order valence-corrected chi connectivity index (χ2v) is 5.17. The van der Waals surface area contributed by atoms with Gasteiger partial charge in [0, 0.05) is 10.7 Å². The van der Waals surface area contributed by atoms with E-state index in [-0.39, 0.29) is 6.04 Å². The number of methoxy groups -OCH3 is 1. The van der Waals surface area contributed by atoms with Crippen molar-refractivity contribution in [2.75, 3.05) is 14.2 Å². The van der Waals surface area contributed by atoms with Gasteiger partial charge in [0.2, 0.25) is 0 Å². The second-order valence-electron chi connectivity index (χ2n) is 4.26. The number of rotatable bonds is 5. The lowest BCUT2D eigenvalue weighted by atomic mass is 10.0. The van der Waals surface area contributed by atoms with Crippen LogP contribution in [-0.4, -0.2) is 19.1 Å². The van der Waals surface area contributed by atoms with Crippen LogP contribution < -0.4 is 10.1 Å². The van der Waals surface area contributed by atoms with Gasteiger partial charge in [0.05, 0.1) is 18.8 Å². The highest BCUT2D eigenvalue weighted by Gasteiger charge is 2.13. The van der Waals surface area contributed by atoms with Crippen molar-refractivity contribution >= 4 is 15.9 Å². The maximum atomic E-state index is 5.39. The zero-order chi connectivity index (χ0) is 13.7. The molecule has 0 fully saturated rings. The Balaban J connectivity index is 2.21. The molecule has 1 aromatic carbocycles. The maximum Gasteiger partial charge on any atom is 0.122 e. The number of para-hydroxylation sites is 1. The Morgan fingerprint density at radius 3 is 2.68 bits per heavy atom. The Hall–Kier alpha value is -1.39. The summed E-state index contributed by atoms with van der Waals surface area (Å²) in [7, 11) is 3.65. The topological polar surface area (TPSA) is 34.1 Å². The van der Waals surface area contributed by atoms with Gasteiger partial charge in [-0.25, -0.2) is 0 Å². The van der Waals surface area contributed by atoms with E-state index in [1.165, 1.54) is 5.56 Å². The summed E-state index contributed by atoms with van der Waals surface area (Å²) in [6, 6.07) is 12.3. The number of hydrogen-bond acceptors (Lipinski definition) is 3. The Kier molecular flexibility index (Phi) is 4.93. The first-order chi connectivity index (χ1) is 9.24.